The molecular formula is C10H13ClN4O. The Labute approximate surface area is 98.4 Å². The van der Waals surface area contributed by atoms with E-state index in [4.69, 9.17) is 16.3 Å². The van der Waals surface area contributed by atoms with Crippen LogP contribution in [0.25, 0.3) is 5.65 Å². The molecule has 1 unspecified atom stereocenters. The molecule has 0 aliphatic carbocycles. The number of hydrogen-bond donors (Lipinski definition) is 0. The Kier molecular flexibility index (Phi) is 3.36. The van der Waals surface area contributed by atoms with Crippen molar-refractivity contribution in [2.45, 2.75) is 25.9 Å². The van der Waals surface area contributed by atoms with Crippen molar-refractivity contribution in [3.05, 3.63) is 23.4 Å². The maximum atomic E-state index is 6.04. The van der Waals surface area contributed by atoms with Gasteiger partial charge >= 0.3 is 0 Å². The van der Waals surface area contributed by atoms with Crippen molar-refractivity contribution in [1.82, 2.24) is 19.6 Å². The third-order valence-corrected chi connectivity index (χ3v) is 2.78. The number of hydrogen-bond acceptors (Lipinski definition) is 4. The van der Waals surface area contributed by atoms with E-state index in [1.165, 1.54) is 0 Å². The summed E-state index contributed by atoms with van der Waals surface area (Å²) in [5.74, 6) is 0.839. The first-order chi connectivity index (χ1) is 7.72. The van der Waals surface area contributed by atoms with Crippen molar-refractivity contribution in [2.24, 2.45) is 0 Å². The van der Waals surface area contributed by atoms with Crippen LogP contribution in [0.4, 0.5) is 0 Å². The third-order valence-electron chi connectivity index (χ3n) is 2.52. The smallest absolute Gasteiger partial charge is 0.180 e. The summed E-state index contributed by atoms with van der Waals surface area (Å²) in [6.07, 6.45) is 5.09. The van der Waals surface area contributed by atoms with Gasteiger partial charge in [-0.25, -0.2) is 0 Å². The van der Waals surface area contributed by atoms with Gasteiger partial charge in [-0.3, -0.25) is 9.38 Å². The lowest BCUT2D eigenvalue weighted by molar-refractivity contribution is 0.111. The van der Waals surface area contributed by atoms with E-state index in [9.17, 15) is 0 Å². The van der Waals surface area contributed by atoms with Gasteiger partial charge in [0.05, 0.1) is 18.5 Å². The Hall–Kier alpha value is -1.20. The topological polar surface area (TPSA) is 52.3 Å². The molecule has 0 bridgehead atoms. The van der Waals surface area contributed by atoms with E-state index in [0.29, 0.717) is 10.8 Å². The summed E-state index contributed by atoms with van der Waals surface area (Å²) in [6.45, 7) is 2.02. The highest BCUT2D eigenvalue weighted by Gasteiger charge is 2.10. The molecule has 5 nitrogen and oxygen atoms in total. The fraction of sp³-hybridized carbons (Fsp3) is 0.500. The third kappa shape index (κ3) is 2.15. The maximum absolute atomic E-state index is 6.04. The van der Waals surface area contributed by atoms with E-state index in [1.54, 1.807) is 23.9 Å². The summed E-state index contributed by atoms with van der Waals surface area (Å²) in [5.41, 5.74) is 0.674. The summed E-state index contributed by atoms with van der Waals surface area (Å²) >= 11 is 6.04. The van der Waals surface area contributed by atoms with Crippen LogP contribution in [0, 0.1) is 0 Å². The molecule has 1 atom stereocenters. The maximum Gasteiger partial charge on any atom is 0.180 e. The number of halogens is 1. The molecule has 0 N–H and O–H groups in total. The zero-order chi connectivity index (χ0) is 11.5. The zero-order valence-corrected chi connectivity index (χ0v) is 9.98. The van der Waals surface area contributed by atoms with Crippen LogP contribution in [0.2, 0.25) is 5.15 Å². The molecule has 2 aromatic rings. The average molecular weight is 241 g/mol. The van der Waals surface area contributed by atoms with Gasteiger partial charge in [-0.2, -0.15) is 0 Å². The lowest BCUT2D eigenvalue weighted by atomic mass is 10.2. The van der Waals surface area contributed by atoms with Crippen molar-refractivity contribution in [3.8, 4) is 0 Å². The molecule has 2 heterocycles. The van der Waals surface area contributed by atoms with E-state index in [1.807, 2.05) is 6.92 Å². The van der Waals surface area contributed by atoms with Gasteiger partial charge in [0, 0.05) is 13.5 Å². The van der Waals surface area contributed by atoms with Gasteiger partial charge in [-0.05, 0) is 13.3 Å². The van der Waals surface area contributed by atoms with Crippen LogP contribution < -0.4 is 0 Å². The molecule has 6 heteroatoms. The van der Waals surface area contributed by atoms with Crippen molar-refractivity contribution >= 4 is 17.2 Å². The molecule has 0 amide bonds. The minimum Gasteiger partial charge on any atom is -0.382 e. The molecule has 86 valence electrons. The highest BCUT2D eigenvalue weighted by Crippen LogP contribution is 2.13. The molecule has 16 heavy (non-hydrogen) atoms. The zero-order valence-electron chi connectivity index (χ0n) is 9.22. The molecule has 0 saturated carbocycles. The largest absolute Gasteiger partial charge is 0.382 e. The first kappa shape index (κ1) is 11.3. The first-order valence-corrected chi connectivity index (χ1v) is 5.46. The van der Waals surface area contributed by atoms with E-state index >= 15 is 0 Å². The van der Waals surface area contributed by atoms with Crippen molar-refractivity contribution in [1.29, 1.82) is 0 Å². The van der Waals surface area contributed by atoms with E-state index in [0.717, 1.165) is 18.7 Å². The van der Waals surface area contributed by atoms with Gasteiger partial charge in [-0.1, -0.05) is 11.6 Å². The Balaban J connectivity index is 2.24. The second kappa shape index (κ2) is 4.76. The molecule has 0 radical (unpaired) electrons. The Morgan fingerprint density at radius 2 is 2.25 bits per heavy atom. The number of rotatable bonds is 4. The molecule has 0 saturated heterocycles. The summed E-state index contributed by atoms with van der Waals surface area (Å²) in [7, 11) is 1.70. The fourth-order valence-electron chi connectivity index (χ4n) is 1.48. The predicted molar refractivity (Wildman–Crippen MR) is 60.6 cm³/mol. The number of aryl methyl sites for hydroxylation is 1. The normalized spacial score (nSPS) is 13.2. The van der Waals surface area contributed by atoms with Crippen molar-refractivity contribution in [2.75, 3.05) is 7.11 Å². The number of nitrogens with zero attached hydrogens (tertiary/aromatic N) is 4. The molecule has 0 aromatic carbocycles. The van der Waals surface area contributed by atoms with Gasteiger partial charge in [0.25, 0.3) is 0 Å². The Morgan fingerprint density at radius 3 is 3.00 bits per heavy atom. The predicted octanol–water partition coefficient (Wildman–Crippen LogP) is 1.75. The van der Waals surface area contributed by atoms with E-state index in [2.05, 4.69) is 15.2 Å². The minimum absolute atomic E-state index is 0.202. The van der Waals surface area contributed by atoms with Crippen LogP contribution in [-0.2, 0) is 11.2 Å². The van der Waals surface area contributed by atoms with Crippen LogP contribution in [0.15, 0.2) is 12.4 Å². The van der Waals surface area contributed by atoms with Gasteiger partial charge in [-0.15, -0.1) is 10.2 Å². The van der Waals surface area contributed by atoms with Gasteiger partial charge in [0.1, 0.15) is 11.0 Å². The molecule has 2 rings (SSSR count). The summed E-state index contributed by atoms with van der Waals surface area (Å²) < 4.78 is 6.99. The average Bonchev–Trinajstić information content (AvgIpc) is 2.70. The SMILES string of the molecule is COC(C)CCc1nnc2cncc(Cl)n12. The lowest BCUT2D eigenvalue weighted by Gasteiger charge is -2.07. The van der Waals surface area contributed by atoms with Gasteiger partial charge in [0.15, 0.2) is 5.65 Å². The summed E-state index contributed by atoms with van der Waals surface area (Å²) in [4.78, 5) is 3.96. The molecule has 2 aromatic heterocycles. The highest BCUT2D eigenvalue weighted by atomic mass is 35.5. The fourth-order valence-corrected chi connectivity index (χ4v) is 1.72. The number of aromatic nitrogens is 4. The van der Waals surface area contributed by atoms with Crippen LogP contribution >= 0.6 is 11.6 Å². The van der Waals surface area contributed by atoms with Crippen molar-refractivity contribution in [3.63, 3.8) is 0 Å². The van der Waals surface area contributed by atoms with Gasteiger partial charge in [0.2, 0.25) is 0 Å². The quantitative estimate of drug-likeness (QED) is 0.817. The summed E-state index contributed by atoms with van der Waals surface area (Å²) in [6, 6.07) is 0. The molecular weight excluding hydrogens is 228 g/mol. The first-order valence-electron chi connectivity index (χ1n) is 5.08. The Morgan fingerprint density at radius 1 is 1.44 bits per heavy atom. The van der Waals surface area contributed by atoms with E-state index < -0.39 is 0 Å². The van der Waals surface area contributed by atoms with Crippen LogP contribution in [0.1, 0.15) is 19.2 Å². The number of fused-ring (bicyclic) bond motifs is 1. The van der Waals surface area contributed by atoms with Crippen LogP contribution in [0.5, 0.6) is 0 Å². The number of methoxy groups -OCH3 is 1. The second-order valence-electron chi connectivity index (χ2n) is 3.62. The Bertz CT molecular complexity index is 485. The standard InChI is InChI=1S/C10H13ClN4O/c1-7(16-2)3-4-9-13-14-10-6-12-5-8(11)15(9)10/h5-7H,3-4H2,1-2H3. The molecule has 0 aliphatic heterocycles. The number of ether oxygens (including phenoxy) is 1. The van der Waals surface area contributed by atoms with Gasteiger partial charge < -0.3 is 4.74 Å². The van der Waals surface area contributed by atoms with E-state index in [-0.39, 0.29) is 6.10 Å². The van der Waals surface area contributed by atoms with Crippen LogP contribution in [0.3, 0.4) is 0 Å². The lowest BCUT2D eigenvalue weighted by Crippen LogP contribution is -2.08. The monoisotopic (exact) mass is 240 g/mol. The van der Waals surface area contributed by atoms with Crippen LogP contribution in [-0.4, -0.2) is 32.8 Å². The molecule has 0 spiro atoms. The second-order valence-corrected chi connectivity index (χ2v) is 4.01. The molecule has 0 fully saturated rings. The molecule has 0 aliphatic rings. The van der Waals surface area contributed by atoms with Crippen molar-refractivity contribution < 1.29 is 4.74 Å². The minimum atomic E-state index is 0.202. The highest BCUT2D eigenvalue weighted by molar-refractivity contribution is 6.29. The summed E-state index contributed by atoms with van der Waals surface area (Å²) in [5, 5.41) is 8.63.